The first-order chi connectivity index (χ1) is 10.9. The third kappa shape index (κ3) is 3.61. The van der Waals surface area contributed by atoms with Crippen molar-refractivity contribution in [1.82, 2.24) is 4.90 Å². The Morgan fingerprint density at radius 2 is 1.96 bits per heavy atom. The molecule has 1 saturated heterocycles. The number of amides is 1. The fourth-order valence-corrected chi connectivity index (χ4v) is 2.91. The molecule has 1 aliphatic carbocycles. The predicted octanol–water partition coefficient (Wildman–Crippen LogP) is 2.42. The summed E-state index contributed by atoms with van der Waals surface area (Å²) in [6.07, 6.45) is 1.99. The molecule has 2 aliphatic rings. The maximum Gasteiger partial charge on any atom is 0.293 e. The second kappa shape index (κ2) is 6.16. The molecule has 2 fully saturated rings. The van der Waals surface area contributed by atoms with Gasteiger partial charge in [-0.2, -0.15) is 0 Å². The molecule has 1 aromatic rings. The van der Waals surface area contributed by atoms with Gasteiger partial charge >= 0.3 is 0 Å². The van der Waals surface area contributed by atoms with Crippen LogP contribution >= 0.6 is 0 Å². The Morgan fingerprint density at radius 3 is 2.52 bits per heavy atom. The van der Waals surface area contributed by atoms with Crippen LogP contribution in [0.3, 0.4) is 0 Å². The van der Waals surface area contributed by atoms with Crippen LogP contribution in [0.5, 0.6) is 0 Å². The zero-order valence-corrected chi connectivity index (χ0v) is 13.3. The first kappa shape index (κ1) is 15.7. The van der Waals surface area contributed by atoms with Crippen LogP contribution in [0, 0.1) is 10.1 Å². The summed E-state index contributed by atoms with van der Waals surface area (Å²) in [5, 5.41) is 14.4. The summed E-state index contributed by atoms with van der Waals surface area (Å²) in [5.74, 6) is -0.187. The summed E-state index contributed by atoms with van der Waals surface area (Å²) in [7, 11) is 0. The van der Waals surface area contributed by atoms with Crippen molar-refractivity contribution in [3.05, 3.63) is 33.9 Å². The molecule has 3 rings (SSSR count). The van der Waals surface area contributed by atoms with E-state index in [9.17, 15) is 14.9 Å². The molecule has 1 N–H and O–H groups in total. The fraction of sp³-hybridized carbons (Fsp3) is 0.562. The molecule has 0 bridgehead atoms. The molecule has 1 heterocycles. The van der Waals surface area contributed by atoms with Crippen LogP contribution in [0.2, 0.25) is 0 Å². The van der Waals surface area contributed by atoms with Gasteiger partial charge in [0.05, 0.1) is 17.1 Å². The number of nitro benzene ring substituents is 1. The Bertz CT molecular complexity index is 620. The van der Waals surface area contributed by atoms with Gasteiger partial charge in [0.2, 0.25) is 0 Å². The van der Waals surface area contributed by atoms with E-state index in [0.29, 0.717) is 30.4 Å². The van der Waals surface area contributed by atoms with Crippen molar-refractivity contribution in [1.29, 1.82) is 0 Å². The highest BCUT2D eigenvalue weighted by atomic mass is 16.6. The van der Waals surface area contributed by atoms with Crippen LogP contribution in [0.15, 0.2) is 18.2 Å². The van der Waals surface area contributed by atoms with Crippen LogP contribution in [0.25, 0.3) is 0 Å². The van der Waals surface area contributed by atoms with E-state index in [1.54, 1.807) is 17.0 Å². The summed E-state index contributed by atoms with van der Waals surface area (Å²) in [6, 6.07) is 4.98. The largest absolute Gasteiger partial charge is 0.377 e. The maximum atomic E-state index is 12.6. The number of carbonyl (C=O) groups excluding carboxylic acids is 1. The standard InChI is InChI=1S/C16H21N3O4/c1-10-8-18(9-11(2)23-10)16(20)12-3-6-14(17-13-4-5-13)15(7-12)19(21)22/h3,6-7,10-11,13,17H,4-5,8-9H2,1-2H3. The molecule has 0 spiro atoms. The second-order valence-electron chi connectivity index (χ2n) is 6.38. The number of nitrogens with one attached hydrogen (secondary N) is 1. The molecule has 2 atom stereocenters. The first-order valence-electron chi connectivity index (χ1n) is 7.93. The lowest BCUT2D eigenvalue weighted by atomic mass is 10.1. The van der Waals surface area contributed by atoms with Gasteiger partial charge in [-0.05, 0) is 38.8 Å². The van der Waals surface area contributed by atoms with Gasteiger partial charge in [0.25, 0.3) is 11.6 Å². The van der Waals surface area contributed by atoms with E-state index in [1.807, 2.05) is 13.8 Å². The van der Waals surface area contributed by atoms with Crippen molar-refractivity contribution >= 4 is 17.3 Å². The lowest BCUT2D eigenvalue weighted by Gasteiger charge is -2.35. The van der Waals surface area contributed by atoms with Crippen molar-refractivity contribution in [2.45, 2.75) is 44.9 Å². The van der Waals surface area contributed by atoms with Crippen molar-refractivity contribution in [3.63, 3.8) is 0 Å². The molecule has 2 unspecified atom stereocenters. The number of carbonyl (C=O) groups is 1. The normalized spacial score (nSPS) is 24.3. The minimum absolute atomic E-state index is 0.0338. The number of rotatable bonds is 4. The third-order valence-corrected chi connectivity index (χ3v) is 4.09. The van der Waals surface area contributed by atoms with Gasteiger partial charge < -0.3 is 15.0 Å². The molecular weight excluding hydrogens is 298 g/mol. The molecule has 0 radical (unpaired) electrons. The van der Waals surface area contributed by atoms with Crippen LogP contribution in [-0.2, 0) is 4.74 Å². The van der Waals surface area contributed by atoms with Crippen molar-refractivity contribution < 1.29 is 14.5 Å². The number of morpholine rings is 1. The van der Waals surface area contributed by atoms with E-state index in [0.717, 1.165) is 12.8 Å². The lowest BCUT2D eigenvalue weighted by molar-refractivity contribution is -0.384. The molecule has 1 aromatic carbocycles. The highest BCUT2D eigenvalue weighted by molar-refractivity contribution is 5.96. The zero-order chi connectivity index (χ0) is 16.6. The molecule has 23 heavy (non-hydrogen) atoms. The maximum absolute atomic E-state index is 12.6. The number of ether oxygens (including phenoxy) is 1. The van der Waals surface area contributed by atoms with E-state index >= 15 is 0 Å². The van der Waals surface area contributed by atoms with Crippen molar-refractivity contribution in [2.24, 2.45) is 0 Å². The lowest BCUT2D eigenvalue weighted by Crippen LogP contribution is -2.48. The van der Waals surface area contributed by atoms with Crippen LogP contribution < -0.4 is 5.32 Å². The first-order valence-corrected chi connectivity index (χ1v) is 7.93. The predicted molar refractivity (Wildman–Crippen MR) is 85.7 cm³/mol. The van der Waals surface area contributed by atoms with Crippen LogP contribution in [0.1, 0.15) is 37.0 Å². The highest BCUT2D eigenvalue weighted by Crippen LogP contribution is 2.32. The van der Waals surface area contributed by atoms with E-state index in [4.69, 9.17) is 4.74 Å². The number of anilines is 1. The van der Waals surface area contributed by atoms with Crippen molar-refractivity contribution in [3.8, 4) is 0 Å². The van der Waals surface area contributed by atoms with Crippen LogP contribution in [0.4, 0.5) is 11.4 Å². The van der Waals surface area contributed by atoms with Crippen LogP contribution in [-0.4, -0.2) is 47.1 Å². The minimum atomic E-state index is -0.438. The minimum Gasteiger partial charge on any atom is -0.377 e. The molecule has 1 saturated carbocycles. The summed E-state index contributed by atoms with van der Waals surface area (Å²) in [5.41, 5.74) is 0.786. The average Bonchev–Trinajstić information content (AvgIpc) is 3.29. The zero-order valence-electron chi connectivity index (χ0n) is 13.3. The average molecular weight is 319 g/mol. The van der Waals surface area contributed by atoms with Gasteiger partial charge in [0, 0.05) is 30.8 Å². The van der Waals surface area contributed by atoms with E-state index in [1.165, 1.54) is 6.07 Å². The Kier molecular flexibility index (Phi) is 4.21. The summed E-state index contributed by atoms with van der Waals surface area (Å²) in [4.78, 5) is 25.2. The number of nitrogens with zero attached hydrogens (tertiary/aromatic N) is 2. The summed E-state index contributed by atoms with van der Waals surface area (Å²) < 4.78 is 5.62. The SMILES string of the molecule is CC1CN(C(=O)c2ccc(NC3CC3)c([N+](=O)[O-])c2)CC(C)O1. The Labute approximate surface area is 134 Å². The molecule has 0 aromatic heterocycles. The summed E-state index contributed by atoms with van der Waals surface area (Å²) in [6.45, 7) is 4.83. The second-order valence-corrected chi connectivity index (χ2v) is 6.38. The molecule has 7 nitrogen and oxygen atoms in total. The van der Waals surface area contributed by atoms with Gasteiger partial charge in [-0.3, -0.25) is 14.9 Å². The van der Waals surface area contributed by atoms with Gasteiger partial charge in [-0.1, -0.05) is 0 Å². The Balaban J connectivity index is 1.82. The fourth-order valence-electron chi connectivity index (χ4n) is 2.91. The van der Waals surface area contributed by atoms with E-state index < -0.39 is 4.92 Å². The van der Waals surface area contributed by atoms with Gasteiger partial charge in [0.1, 0.15) is 5.69 Å². The summed E-state index contributed by atoms with van der Waals surface area (Å²) >= 11 is 0. The number of hydrogen-bond donors (Lipinski definition) is 1. The number of benzene rings is 1. The van der Waals surface area contributed by atoms with E-state index in [2.05, 4.69) is 5.32 Å². The molecule has 1 amide bonds. The highest BCUT2D eigenvalue weighted by Gasteiger charge is 2.29. The topological polar surface area (TPSA) is 84.7 Å². The Hall–Kier alpha value is -2.15. The van der Waals surface area contributed by atoms with Crippen molar-refractivity contribution in [2.75, 3.05) is 18.4 Å². The van der Waals surface area contributed by atoms with Gasteiger partial charge in [-0.15, -0.1) is 0 Å². The molecule has 1 aliphatic heterocycles. The third-order valence-electron chi connectivity index (χ3n) is 4.09. The molecule has 7 heteroatoms. The van der Waals surface area contributed by atoms with E-state index in [-0.39, 0.29) is 23.8 Å². The molecule has 124 valence electrons. The monoisotopic (exact) mass is 319 g/mol. The molecular formula is C16H21N3O4. The van der Waals surface area contributed by atoms with Gasteiger partial charge in [-0.25, -0.2) is 0 Å². The quantitative estimate of drug-likeness (QED) is 0.680. The number of nitro groups is 1. The number of hydrogen-bond acceptors (Lipinski definition) is 5. The Morgan fingerprint density at radius 1 is 1.30 bits per heavy atom. The smallest absolute Gasteiger partial charge is 0.293 e. The van der Waals surface area contributed by atoms with Gasteiger partial charge in [0.15, 0.2) is 0 Å².